The zero-order valence-corrected chi connectivity index (χ0v) is 16.9. The van der Waals surface area contributed by atoms with Crippen LogP contribution in [-0.2, 0) is 0 Å². The maximum absolute atomic E-state index is 2.73. The Balaban J connectivity index is 1.54. The van der Waals surface area contributed by atoms with Crippen molar-refractivity contribution >= 4 is 0 Å². The normalized spacial score (nSPS) is 37.6. The van der Waals surface area contributed by atoms with E-state index in [4.69, 9.17) is 0 Å². The lowest BCUT2D eigenvalue weighted by Gasteiger charge is -2.70. The van der Waals surface area contributed by atoms with Crippen LogP contribution in [-0.4, -0.2) is 34.3 Å². The Bertz CT molecular complexity index is 846. The van der Waals surface area contributed by atoms with Crippen molar-refractivity contribution in [3.63, 3.8) is 0 Å². The summed E-state index contributed by atoms with van der Waals surface area (Å²) in [6.07, 6.45) is 0.906. The molecule has 3 heteroatoms. The van der Waals surface area contributed by atoms with Crippen LogP contribution in [0.15, 0.2) is 91.0 Å². The van der Waals surface area contributed by atoms with Gasteiger partial charge < -0.3 is 0 Å². The minimum absolute atomic E-state index is 0.302. The Morgan fingerprint density at radius 2 is 0.793 bits per heavy atom. The fraction of sp³-hybridized carbons (Fsp3) is 0.308. The second-order valence-electron chi connectivity index (χ2n) is 9.18. The van der Waals surface area contributed by atoms with Gasteiger partial charge in [-0.05, 0) is 16.7 Å². The average molecular weight is 382 g/mol. The number of rotatable bonds is 3. The van der Waals surface area contributed by atoms with E-state index in [0.717, 1.165) is 19.6 Å². The van der Waals surface area contributed by atoms with Gasteiger partial charge in [-0.1, -0.05) is 97.9 Å². The molecule has 4 bridgehead atoms. The third-order valence-corrected chi connectivity index (χ3v) is 6.87. The Labute approximate surface area is 173 Å². The minimum atomic E-state index is 0.302. The van der Waals surface area contributed by atoms with E-state index in [1.165, 1.54) is 16.7 Å². The molecule has 4 heterocycles. The summed E-state index contributed by atoms with van der Waals surface area (Å²) in [4.78, 5) is 8.20. The van der Waals surface area contributed by atoms with Gasteiger partial charge in [-0.25, -0.2) is 0 Å². The highest BCUT2D eigenvalue weighted by molar-refractivity contribution is 5.31. The second kappa shape index (κ2) is 6.53. The van der Waals surface area contributed by atoms with E-state index < -0.39 is 0 Å². The number of nitrogens with zero attached hydrogens (tertiary/aromatic N) is 3. The lowest BCUT2D eigenvalue weighted by atomic mass is 9.77. The molecule has 3 aromatic carbocycles. The largest absolute Gasteiger partial charge is 0.263 e. The summed E-state index contributed by atoms with van der Waals surface area (Å²) in [5.41, 5.74) is 4.51. The molecule has 0 unspecified atom stereocenters. The molecule has 0 atom stereocenters. The maximum atomic E-state index is 2.73. The van der Waals surface area contributed by atoms with E-state index in [0.29, 0.717) is 23.9 Å². The molecule has 7 rings (SSSR count). The Morgan fingerprint density at radius 3 is 1.07 bits per heavy atom. The standard InChI is InChI=1S/C26H27N3/c1-26-17-27-23(20-11-5-2-6-12-20)28(18-26)25(22-15-9-4-10-16-22)29(19-26)24(27)21-13-7-3-8-14-21/h2-16,23-25H,17-19H2,1H3. The van der Waals surface area contributed by atoms with Crippen molar-refractivity contribution in [2.45, 2.75) is 25.4 Å². The van der Waals surface area contributed by atoms with Crippen LogP contribution < -0.4 is 0 Å². The summed E-state index contributed by atoms with van der Waals surface area (Å²) in [7, 11) is 0. The SMILES string of the molecule is CC12CN3C(c4ccccc4)N(C1)C(c1ccccc1)N(C2)C3c1ccccc1. The predicted octanol–water partition coefficient (Wildman–Crippen LogP) is 5.04. The monoisotopic (exact) mass is 381 g/mol. The molecular weight excluding hydrogens is 354 g/mol. The van der Waals surface area contributed by atoms with Gasteiger partial charge in [0.05, 0.1) is 18.5 Å². The molecule has 0 radical (unpaired) electrons. The molecule has 4 saturated heterocycles. The average Bonchev–Trinajstić information content (AvgIpc) is 2.75. The Kier molecular flexibility index (Phi) is 3.92. The molecule has 4 fully saturated rings. The molecule has 146 valence electrons. The van der Waals surface area contributed by atoms with Crippen LogP contribution in [0.4, 0.5) is 0 Å². The molecule has 0 N–H and O–H groups in total. The number of hydrogen-bond donors (Lipinski definition) is 0. The molecule has 0 aliphatic carbocycles. The van der Waals surface area contributed by atoms with Crippen LogP contribution in [0.2, 0.25) is 0 Å². The van der Waals surface area contributed by atoms with E-state index >= 15 is 0 Å². The van der Waals surface area contributed by atoms with Gasteiger partial charge in [-0.2, -0.15) is 0 Å². The van der Waals surface area contributed by atoms with Gasteiger partial charge in [0.1, 0.15) is 0 Å². The summed E-state index contributed by atoms with van der Waals surface area (Å²) in [5.74, 6) is 0. The highest BCUT2D eigenvalue weighted by atomic mass is 15.6. The van der Waals surface area contributed by atoms with Crippen molar-refractivity contribution in [1.29, 1.82) is 0 Å². The first-order valence-corrected chi connectivity index (χ1v) is 10.7. The van der Waals surface area contributed by atoms with E-state index in [2.05, 4.69) is 113 Å². The number of hydrogen-bond acceptors (Lipinski definition) is 3. The van der Waals surface area contributed by atoms with E-state index in [1.54, 1.807) is 0 Å². The molecule has 3 aromatic rings. The fourth-order valence-corrected chi connectivity index (χ4v) is 5.99. The number of benzene rings is 3. The van der Waals surface area contributed by atoms with Crippen LogP contribution in [0, 0.1) is 5.41 Å². The van der Waals surface area contributed by atoms with Crippen molar-refractivity contribution in [3.8, 4) is 0 Å². The van der Waals surface area contributed by atoms with Crippen molar-refractivity contribution < 1.29 is 0 Å². The molecule has 0 amide bonds. The highest BCUT2D eigenvalue weighted by Crippen LogP contribution is 2.57. The molecule has 0 saturated carbocycles. The molecule has 3 nitrogen and oxygen atoms in total. The van der Waals surface area contributed by atoms with Gasteiger partial charge in [0.25, 0.3) is 0 Å². The van der Waals surface area contributed by atoms with Gasteiger partial charge in [-0.15, -0.1) is 0 Å². The van der Waals surface area contributed by atoms with Crippen molar-refractivity contribution in [3.05, 3.63) is 108 Å². The van der Waals surface area contributed by atoms with E-state index in [1.807, 2.05) is 0 Å². The van der Waals surface area contributed by atoms with E-state index in [9.17, 15) is 0 Å². The lowest BCUT2D eigenvalue weighted by Crippen LogP contribution is -2.74. The first-order valence-electron chi connectivity index (χ1n) is 10.7. The Hall–Kier alpha value is -2.46. The van der Waals surface area contributed by atoms with Gasteiger partial charge in [0, 0.05) is 25.0 Å². The van der Waals surface area contributed by atoms with Gasteiger partial charge in [-0.3, -0.25) is 14.7 Å². The lowest BCUT2D eigenvalue weighted by molar-refractivity contribution is -0.282. The Morgan fingerprint density at radius 1 is 0.517 bits per heavy atom. The molecule has 0 spiro atoms. The summed E-state index contributed by atoms with van der Waals surface area (Å²) in [5, 5.41) is 0. The quantitative estimate of drug-likeness (QED) is 0.630. The molecule has 29 heavy (non-hydrogen) atoms. The molecule has 0 aromatic heterocycles. The van der Waals surface area contributed by atoms with Crippen molar-refractivity contribution in [2.75, 3.05) is 19.6 Å². The highest BCUT2D eigenvalue weighted by Gasteiger charge is 2.59. The summed E-state index contributed by atoms with van der Waals surface area (Å²) in [6, 6.07) is 33.3. The van der Waals surface area contributed by atoms with Crippen LogP contribution in [0.5, 0.6) is 0 Å². The molecular formula is C26H27N3. The van der Waals surface area contributed by atoms with Gasteiger partial charge in [0.2, 0.25) is 0 Å². The smallest absolute Gasteiger partial charge is 0.0916 e. The topological polar surface area (TPSA) is 9.72 Å². The predicted molar refractivity (Wildman–Crippen MR) is 116 cm³/mol. The summed E-state index contributed by atoms with van der Waals surface area (Å²) < 4.78 is 0. The summed E-state index contributed by atoms with van der Waals surface area (Å²) in [6.45, 7) is 5.88. The summed E-state index contributed by atoms with van der Waals surface area (Å²) >= 11 is 0. The maximum Gasteiger partial charge on any atom is 0.0916 e. The molecule has 4 aliphatic heterocycles. The fourth-order valence-electron chi connectivity index (χ4n) is 5.99. The minimum Gasteiger partial charge on any atom is -0.263 e. The van der Waals surface area contributed by atoms with Crippen LogP contribution >= 0.6 is 0 Å². The van der Waals surface area contributed by atoms with Crippen LogP contribution in [0.1, 0.15) is 42.1 Å². The van der Waals surface area contributed by atoms with Gasteiger partial charge >= 0.3 is 0 Å². The first-order chi connectivity index (χ1) is 14.2. The second-order valence-corrected chi connectivity index (χ2v) is 9.18. The zero-order valence-electron chi connectivity index (χ0n) is 16.9. The first kappa shape index (κ1) is 17.4. The van der Waals surface area contributed by atoms with E-state index in [-0.39, 0.29) is 0 Å². The van der Waals surface area contributed by atoms with Crippen molar-refractivity contribution in [1.82, 2.24) is 14.7 Å². The zero-order chi connectivity index (χ0) is 19.4. The van der Waals surface area contributed by atoms with Crippen LogP contribution in [0.25, 0.3) is 0 Å². The van der Waals surface area contributed by atoms with Crippen molar-refractivity contribution in [2.24, 2.45) is 5.41 Å². The third-order valence-electron chi connectivity index (χ3n) is 6.87. The third kappa shape index (κ3) is 2.69. The van der Waals surface area contributed by atoms with Gasteiger partial charge in [0.15, 0.2) is 0 Å². The van der Waals surface area contributed by atoms with Crippen LogP contribution in [0.3, 0.4) is 0 Å². The molecule has 4 aliphatic rings.